The highest BCUT2D eigenvalue weighted by molar-refractivity contribution is 9.10. The van der Waals surface area contributed by atoms with E-state index < -0.39 is 17.8 Å². The summed E-state index contributed by atoms with van der Waals surface area (Å²) in [6, 6.07) is 7.96. The average molecular weight is 474 g/mol. The van der Waals surface area contributed by atoms with Crippen LogP contribution in [0.1, 0.15) is 18.2 Å². The van der Waals surface area contributed by atoms with E-state index >= 15 is 0 Å². The van der Waals surface area contributed by atoms with E-state index in [-0.39, 0.29) is 5.57 Å². The van der Waals surface area contributed by atoms with Crippen molar-refractivity contribution in [1.82, 2.24) is 5.32 Å². The number of halogens is 1. The number of barbiturate groups is 1. The van der Waals surface area contributed by atoms with Crippen molar-refractivity contribution in [2.45, 2.75) is 13.3 Å². The number of carbonyl (C=O) groups is 3. The first kappa shape index (κ1) is 20.4. The number of furan rings is 1. The number of nitrogens with one attached hydrogen (secondary N) is 1. The van der Waals surface area contributed by atoms with Gasteiger partial charge in [-0.2, -0.15) is 0 Å². The Morgan fingerprint density at radius 1 is 1.13 bits per heavy atom. The molecule has 2 aliphatic rings. The lowest BCUT2D eigenvalue weighted by Crippen LogP contribution is -2.54. The van der Waals surface area contributed by atoms with Crippen LogP contribution < -0.4 is 15.1 Å². The lowest BCUT2D eigenvalue weighted by Gasteiger charge is -2.27. The summed E-state index contributed by atoms with van der Waals surface area (Å²) in [4.78, 5) is 40.7. The van der Waals surface area contributed by atoms with Crippen molar-refractivity contribution in [2.75, 3.05) is 36.1 Å². The number of nitrogens with zero attached hydrogens (tertiary/aromatic N) is 2. The van der Waals surface area contributed by atoms with Gasteiger partial charge in [0.1, 0.15) is 11.3 Å². The summed E-state index contributed by atoms with van der Waals surface area (Å²) < 4.78 is 11.9. The van der Waals surface area contributed by atoms with Crippen molar-refractivity contribution in [2.24, 2.45) is 0 Å². The maximum Gasteiger partial charge on any atom is 0.335 e. The number of ether oxygens (including phenoxy) is 1. The van der Waals surface area contributed by atoms with Gasteiger partial charge >= 0.3 is 6.03 Å². The highest BCUT2D eigenvalue weighted by Crippen LogP contribution is 2.32. The second-order valence-corrected chi connectivity index (χ2v) is 7.73. The molecule has 30 heavy (non-hydrogen) atoms. The van der Waals surface area contributed by atoms with E-state index in [1.54, 1.807) is 18.2 Å². The molecule has 1 aromatic carbocycles. The molecule has 1 N–H and O–H groups in total. The van der Waals surface area contributed by atoms with E-state index in [9.17, 15) is 14.4 Å². The molecule has 2 saturated heterocycles. The van der Waals surface area contributed by atoms with Gasteiger partial charge in [0.05, 0.1) is 23.4 Å². The summed E-state index contributed by atoms with van der Waals surface area (Å²) in [7, 11) is 0. The van der Waals surface area contributed by atoms with Crippen molar-refractivity contribution in [1.29, 1.82) is 0 Å². The van der Waals surface area contributed by atoms with Gasteiger partial charge in [0, 0.05) is 19.2 Å². The van der Waals surface area contributed by atoms with Crippen molar-refractivity contribution in [3.05, 3.63) is 51.7 Å². The highest BCUT2D eigenvalue weighted by atomic mass is 79.9. The second kappa shape index (κ2) is 8.45. The van der Waals surface area contributed by atoms with Crippen LogP contribution in [0.15, 0.2) is 44.8 Å². The number of hydrogen-bond donors (Lipinski definition) is 1. The van der Waals surface area contributed by atoms with E-state index in [2.05, 4.69) is 21.2 Å². The fourth-order valence-electron chi connectivity index (χ4n) is 3.34. The second-order valence-electron chi connectivity index (χ2n) is 6.88. The highest BCUT2D eigenvalue weighted by Gasteiger charge is 2.37. The molecule has 0 spiro atoms. The minimum Gasteiger partial charge on any atom is -0.440 e. The van der Waals surface area contributed by atoms with Crippen molar-refractivity contribution >= 4 is 51.4 Å². The van der Waals surface area contributed by atoms with E-state index in [1.807, 2.05) is 24.0 Å². The molecule has 9 heteroatoms. The van der Waals surface area contributed by atoms with Crippen molar-refractivity contribution in [3.63, 3.8) is 0 Å². The fraction of sp³-hybridized carbons (Fsp3) is 0.286. The Bertz CT molecular complexity index is 1020. The first-order valence-electron chi connectivity index (χ1n) is 9.60. The standard InChI is InChI=1S/C21H20BrN3O5/c1-2-13-3-5-14(6-4-13)25-19(27)16(18(26)23-21(25)28)11-15-12-17(22)20(30-15)24-7-9-29-10-8-24/h3-6,11-12H,2,7-10H2,1H3,(H,23,26,28)/b16-11+. The molecule has 3 heterocycles. The molecule has 0 saturated carbocycles. The maximum atomic E-state index is 13.0. The predicted octanol–water partition coefficient (Wildman–Crippen LogP) is 3.11. The van der Waals surface area contributed by atoms with Crippen LogP contribution in [0.4, 0.5) is 16.4 Å². The first-order valence-corrected chi connectivity index (χ1v) is 10.4. The molecule has 2 aliphatic heterocycles. The van der Waals surface area contributed by atoms with Crippen molar-refractivity contribution < 1.29 is 23.5 Å². The van der Waals surface area contributed by atoms with Gasteiger partial charge in [0.15, 0.2) is 0 Å². The van der Waals surface area contributed by atoms with Gasteiger partial charge in [-0.05, 0) is 46.1 Å². The van der Waals surface area contributed by atoms with Gasteiger partial charge in [0.2, 0.25) is 5.88 Å². The molecule has 8 nitrogen and oxygen atoms in total. The third kappa shape index (κ3) is 3.90. The van der Waals surface area contributed by atoms with E-state index in [1.165, 1.54) is 6.08 Å². The Morgan fingerprint density at radius 2 is 1.83 bits per heavy atom. The van der Waals surface area contributed by atoms with Gasteiger partial charge < -0.3 is 14.1 Å². The zero-order valence-electron chi connectivity index (χ0n) is 16.3. The molecule has 0 unspecified atom stereocenters. The Kier molecular flexibility index (Phi) is 5.74. The normalized spacial score (nSPS) is 18.9. The molecule has 4 amide bonds. The summed E-state index contributed by atoms with van der Waals surface area (Å²) in [5.41, 5.74) is 1.29. The minimum atomic E-state index is -0.777. The Morgan fingerprint density at radius 3 is 2.50 bits per heavy atom. The maximum absolute atomic E-state index is 13.0. The lowest BCUT2D eigenvalue weighted by atomic mass is 10.1. The van der Waals surface area contributed by atoms with E-state index in [4.69, 9.17) is 9.15 Å². The number of morpholine rings is 1. The summed E-state index contributed by atoms with van der Waals surface area (Å²) in [6.07, 6.45) is 2.19. The smallest absolute Gasteiger partial charge is 0.335 e. The quantitative estimate of drug-likeness (QED) is 0.541. The molecule has 4 rings (SSSR count). The van der Waals surface area contributed by atoms with Gasteiger partial charge in [-0.3, -0.25) is 14.9 Å². The fourth-order valence-corrected chi connectivity index (χ4v) is 3.90. The molecule has 0 atom stereocenters. The first-order chi connectivity index (χ1) is 14.5. The number of carbonyl (C=O) groups excluding carboxylic acids is 3. The Labute approximate surface area is 181 Å². The van der Waals surface area contributed by atoms with Gasteiger partial charge in [-0.25, -0.2) is 9.69 Å². The molecule has 0 aliphatic carbocycles. The van der Waals surface area contributed by atoms with Crippen LogP contribution in [0, 0.1) is 0 Å². The molecule has 2 fully saturated rings. The van der Waals surface area contributed by atoms with Crippen molar-refractivity contribution in [3.8, 4) is 0 Å². The number of imide groups is 2. The number of rotatable bonds is 4. The molecule has 0 bridgehead atoms. The summed E-state index contributed by atoms with van der Waals surface area (Å²) in [6.45, 7) is 4.56. The molecule has 1 aromatic heterocycles. The van der Waals surface area contributed by atoms with Crippen LogP contribution in [0.3, 0.4) is 0 Å². The largest absolute Gasteiger partial charge is 0.440 e. The van der Waals surface area contributed by atoms with Crippen LogP contribution in [0.25, 0.3) is 6.08 Å². The summed E-state index contributed by atoms with van der Waals surface area (Å²) in [5.74, 6) is -0.519. The molecule has 2 aromatic rings. The van der Waals surface area contributed by atoms with Gasteiger partial charge in [0.25, 0.3) is 11.8 Å². The molecule has 156 valence electrons. The SMILES string of the molecule is CCc1ccc(N2C(=O)NC(=O)/C(=C\c3cc(Br)c(N4CCOCC4)o3)C2=O)cc1. The van der Waals surface area contributed by atoms with Crippen LogP contribution in [0.5, 0.6) is 0 Å². The summed E-state index contributed by atoms with van der Waals surface area (Å²) in [5, 5.41) is 2.22. The van der Waals surface area contributed by atoms with Crippen LogP contribution in [-0.2, 0) is 20.7 Å². The molecule has 0 radical (unpaired) electrons. The van der Waals surface area contributed by atoms with Crippen LogP contribution in [-0.4, -0.2) is 44.1 Å². The monoisotopic (exact) mass is 473 g/mol. The third-order valence-electron chi connectivity index (χ3n) is 4.98. The zero-order chi connectivity index (χ0) is 21.3. The Balaban J connectivity index is 1.64. The number of anilines is 2. The van der Waals surface area contributed by atoms with Crippen LogP contribution >= 0.6 is 15.9 Å². The Hall–Kier alpha value is -2.91. The molecular formula is C21H20BrN3O5. The number of amides is 4. The topological polar surface area (TPSA) is 92.1 Å². The average Bonchev–Trinajstić information content (AvgIpc) is 3.12. The van der Waals surface area contributed by atoms with E-state index in [0.29, 0.717) is 48.1 Å². The number of aryl methyl sites for hydroxylation is 1. The zero-order valence-corrected chi connectivity index (χ0v) is 17.9. The number of hydrogen-bond acceptors (Lipinski definition) is 6. The van der Waals surface area contributed by atoms with Gasteiger partial charge in [-0.15, -0.1) is 0 Å². The number of urea groups is 1. The number of benzene rings is 1. The van der Waals surface area contributed by atoms with Crippen LogP contribution in [0.2, 0.25) is 0 Å². The van der Waals surface area contributed by atoms with E-state index in [0.717, 1.165) is 16.9 Å². The predicted molar refractivity (Wildman–Crippen MR) is 114 cm³/mol. The molecular weight excluding hydrogens is 454 g/mol. The van der Waals surface area contributed by atoms with Gasteiger partial charge in [-0.1, -0.05) is 19.1 Å². The lowest BCUT2D eigenvalue weighted by molar-refractivity contribution is -0.122. The third-order valence-corrected chi connectivity index (χ3v) is 5.55. The minimum absolute atomic E-state index is 0.177. The summed E-state index contributed by atoms with van der Waals surface area (Å²) >= 11 is 3.46.